The number of benzene rings is 2. The first kappa shape index (κ1) is 34.5. The maximum atomic E-state index is 16.1. The Labute approximate surface area is 275 Å². The lowest BCUT2D eigenvalue weighted by atomic mass is 9.51. The fourth-order valence-electron chi connectivity index (χ4n) is 9.29. The number of hydrogen-bond donors (Lipinski definition) is 2. The molecule has 2 N–H and O–H groups in total. The largest absolute Gasteiger partial charge is 0.508 e. The van der Waals surface area contributed by atoms with Gasteiger partial charge in [-0.05, 0) is 109 Å². The van der Waals surface area contributed by atoms with Crippen LogP contribution >= 0.6 is 0 Å². The van der Waals surface area contributed by atoms with Crippen molar-refractivity contribution in [2.45, 2.75) is 116 Å². The Balaban J connectivity index is 1.22. The zero-order chi connectivity index (χ0) is 32.8. The highest BCUT2D eigenvalue weighted by molar-refractivity contribution is 5.79. The minimum absolute atomic E-state index is 0.144. The molecule has 3 aliphatic carbocycles. The summed E-state index contributed by atoms with van der Waals surface area (Å²) in [5.74, 6) is 2.37. The summed E-state index contributed by atoms with van der Waals surface area (Å²) in [5, 5.41) is 21.2. The van der Waals surface area contributed by atoms with Crippen molar-refractivity contribution in [3.8, 4) is 17.2 Å². The van der Waals surface area contributed by atoms with Crippen LogP contribution in [-0.2, 0) is 17.6 Å². The fraction of sp³-hybridized carbons (Fsp3) is 0.667. The molecule has 0 saturated heterocycles. The van der Waals surface area contributed by atoms with Crippen LogP contribution in [0.3, 0.4) is 0 Å². The van der Waals surface area contributed by atoms with E-state index < -0.39 is 12.3 Å². The second kappa shape index (κ2) is 15.4. The molecule has 2 saturated carbocycles. The smallest absolute Gasteiger partial charge is 0.226 e. The predicted molar refractivity (Wildman–Crippen MR) is 180 cm³/mol. The van der Waals surface area contributed by atoms with Crippen LogP contribution in [-0.4, -0.2) is 60.6 Å². The van der Waals surface area contributed by atoms with Gasteiger partial charge in [0.15, 0.2) is 11.5 Å². The highest BCUT2D eigenvalue weighted by Gasteiger charge is 2.59. The van der Waals surface area contributed by atoms with E-state index in [1.165, 1.54) is 6.42 Å². The second-order valence-electron chi connectivity index (χ2n) is 14.5. The van der Waals surface area contributed by atoms with Crippen LogP contribution in [0.4, 0.5) is 4.39 Å². The van der Waals surface area contributed by atoms with Gasteiger partial charge in [0.05, 0.1) is 26.7 Å². The minimum Gasteiger partial charge on any atom is -0.508 e. The third kappa shape index (κ3) is 7.35. The number of halogens is 1. The van der Waals surface area contributed by atoms with Gasteiger partial charge >= 0.3 is 0 Å². The lowest BCUT2D eigenvalue weighted by molar-refractivity contribution is -0.130. The first-order valence-corrected chi connectivity index (χ1v) is 17.8. The van der Waals surface area contributed by atoms with Crippen molar-refractivity contribution >= 4 is 5.91 Å². The van der Waals surface area contributed by atoms with Crippen molar-refractivity contribution in [2.24, 2.45) is 23.2 Å². The number of nitrogens with zero attached hydrogens (tertiary/aromatic N) is 1. The second-order valence-corrected chi connectivity index (χ2v) is 14.5. The zero-order valence-corrected chi connectivity index (χ0v) is 28.5. The monoisotopic (exact) mass is 637 g/mol. The summed E-state index contributed by atoms with van der Waals surface area (Å²) in [4.78, 5) is 15.6. The van der Waals surface area contributed by atoms with Crippen molar-refractivity contribution in [1.82, 2.24) is 4.90 Å². The highest BCUT2D eigenvalue weighted by Crippen LogP contribution is 2.63. The average molecular weight is 638 g/mol. The van der Waals surface area contributed by atoms with Gasteiger partial charge in [0, 0.05) is 19.0 Å². The van der Waals surface area contributed by atoms with E-state index >= 15 is 4.39 Å². The molecule has 7 atom stereocenters. The number of unbranched alkanes of at least 4 members (excludes halogenated alkanes) is 5. The molecular formula is C39H56FNO5. The van der Waals surface area contributed by atoms with Gasteiger partial charge in [-0.3, -0.25) is 4.79 Å². The molecule has 2 aromatic rings. The van der Waals surface area contributed by atoms with Crippen molar-refractivity contribution in [1.29, 1.82) is 0 Å². The number of rotatable bonds is 15. The standard InChI is InChI=1S/C39H56FNO5/c1-5-6-7-10-19-41(36(44)22-26-13-17-33(45-3)34(21-26)46-4)20-11-8-9-12-27-23-28-24-29(42)14-15-30(28)38-32(40)25-39(2)31(37(27)38)16-18-35(39)43/h13-15,17,21,24,27,31-32,35,37-38,42-43H,5-12,16,18-20,22-23,25H2,1-4H3/t27-,31?,32+,35+,37?,38?,39+/m1/s1. The number of aliphatic hydroxyl groups is 1. The van der Waals surface area contributed by atoms with Crippen LogP contribution in [0.15, 0.2) is 36.4 Å². The number of phenols is 1. The lowest BCUT2D eigenvalue weighted by Gasteiger charge is -2.54. The van der Waals surface area contributed by atoms with E-state index in [1.807, 2.05) is 35.2 Å². The van der Waals surface area contributed by atoms with Crippen molar-refractivity contribution in [2.75, 3.05) is 27.3 Å². The number of aromatic hydroxyl groups is 1. The number of carbonyl (C=O) groups is 1. The van der Waals surface area contributed by atoms with Crippen LogP contribution in [0.5, 0.6) is 17.2 Å². The van der Waals surface area contributed by atoms with Crippen molar-refractivity contribution < 1.29 is 28.9 Å². The molecular weight excluding hydrogens is 581 g/mol. The van der Waals surface area contributed by atoms with Gasteiger partial charge in [-0.1, -0.05) is 58.1 Å². The van der Waals surface area contributed by atoms with Crippen LogP contribution in [0.2, 0.25) is 0 Å². The molecule has 6 nitrogen and oxygen atoms in total. The predicted octanol–water partition coefficient (Wildman–Crippen LogP) is 8.01. The number of amides is 1. The summed E-state index contributed by atoms with van der Waals surface area (Å²) >= 11 is 0. The van der Waals surface area contributed by atoms with E-state index in [9.17, 15) is 15.0 Å². The molecule has 0 aliphatic heterocycles. The number of hydrogen-bond acceptors (Lipinski definition) is 5. The number of carbonyl (C=O) groups excluding carboxylic acids is 1. The van der Waals surface area contributed by atoms with Gasteiger partial charge in [0.1, 0.15) is 11.9 Å². The number of ether oxygens (including phenoxy) is 2. The molecule has 2 fully saturated rings. The number of fused-ring (bicyclic) bond motifs is 5. The first-order valence-electron chi connectivity index (χ1n) is 17.8. The number of alkyl halides is 1. The summed E-state index contributed by atoms with van der Waals surface area (Å²) in [6.07, 6.45) is 10.4. The van der Waals surface area contributed by atoms with Gasteiger partial charge < -0.3 is 24.6 Å². The maximum absolute atomic E-state index is 16.1. The quantitative estimate of drug-likeness (QED) is 0.194. The van der Waals surface area contributed by atoms with Crippen LogP contribution < -0.4 is 9.47 Å². The van der Waals surface area contributed by atoms with Gasteiger partial charge in [0.2, 0.25) is 5.91 Å². The molecule has 0 spiro atoms. The Morgan fingerprint density at radius 1 is 0.978 bits per heavy atom. The topological polar surface area (TPSA) is 79.2 Å². The number of phenolic OH excluding ortho intramolecular Hbond substituents is 1. The summed E-state index contributed by atoms with van der Waals surface area (Å²) in [6, 6.07) is 11.2. The molecule has 0 aromatic heterocycles. The van der Waals surface area contributed by atoms with E-state index in [-0.39, 0.29) is 28.9 Å². The molecule has 254 valence electrons. The Morgan fingerprint density at radius 2 is 1.72 bits per heavy atom. The Kier molecular flexibility index (Phi) is 11.6. The Morgan fingerprint density at radius 3 is 2.43 bits per heavy atom. The van der Waals surface area contributed by atoms with E-state index in [1.54, 1.807) is 20.3 Å². The van der Waals surface area contributed by atoms with Gasteiger partial charge in [-0.25, -0.2) is 4.39 Å². The highest BCUT2D eigenvalue weighted by atomic mass is 19.1. The molecule has 3 unspecified atom stereocenters. The molecule has 1 amide bonds. The summed E-state index contributed by atoms with van der Waals surface area (Å²) < 4.78 is 26.9. The normalized spacial score (nSPS) is 28.2. The fourth-order valence-corrected chi connectivity index (χ4v) is 9.29. The maximum Gasteiger partial charge on any atom is 0.226 e. The number of methoxy groups -OCH3 is 2. The third-order valence-corrected chi connectivity index (χ3v) is 11.7. The third-order valence-electron chi connectivity index (χ3n) is 11.7. The van der Waals surface area contributed by atoms with Crippen molar-refractivity contribution in [3.05, 3.63) is 53.1 Å². The minimum atomic E-state index is -0.983. The molecule has 0 heterocycles. The zero-order valence-electron chi connectivity index (χ0n) is 28.5. The lowest BCUT2D eigenvalue weighted by Crippen LogP contribution is -2.51. The first-order chi connectivity index (χ1) is 22.2. The van der Waals surface area contributed by atoms with Gasteiger partial charge in [0.25, 0.3) is 0 Å². The molecule has 2 aromatic carbocycles. The van der Waals surface area contributed by atoms with Crippen LogP contribution in [0.1, 0.15) is 107 Å². The summed E-state index contributed by atoms with van der Waals surface area (Å²) in [5.41, 5.74) is 2.72. The molecule has 0 bridgehead atoms. The molecule has 46 heavy (non-hydrogen) atoms. The molecule has 5 rings (SSSR count). The van der Waals surface area contributed by atoms with Crippen LogP contribution in [0, 0.1) is 23.2 Å². The molecule has 7 heteroatoms. The Hall–Kier alpha value is -2.80. The van der Waals surface area contributed by atoms with E-state index in [4.69, 9.17) is 9.47 Å². The van der Waals surface area contributed by atoms with E-state index in [2.05, 4.69) is 13.8 Å². The average Bonchev–Trinajstić information content (AvgIpc) is 3.34. The van der Waals surface area contributed by atoms with Crippen LogP contribution in [0.25, 0.3) is 0 Å². The van der Waals surface area contributed by atoms with Crippen molar-refractivity contribution in [3.63, 3.8) is 0 Å². The van der Waals surface area contributed by atoms with E-state index in [0.29, 0.717) is 36.2 Å². The molecule has 3 aliphatic rings. The SMILES string of the molecule is CCCCCCN(CCCCC[C@@H]1Cc2cc(O)ccc2C2C1C1CC[C@H](O)[C@@]1(C)C[C@@H]2F)C(=O)Cc1ccc(OC)c(OC)c1. The van der Waals surface area contributed by atoms with Gasteiger partial charge in [-0.15, -0.1) is 0 Å². The van der Waals surface area contributed by atoms with Gasteiger partial charge in [-0.2, -0.15) is 0 Å². The summed E-state index contributed by atoms with van der Waals surface area (Å²) in [6.45, 7) is 5.84. The Bertz CT molecular complexity index is 1320. The molecule has 0 radical (unpaired) electrons. The van der Waals surface area contributed by atoms with E-state index in [0.717, 1.165) is 94.0 Å². The summed E-state index contributed by atoms with van der Waals surface area (Å²) in [7, 11) is 3.22. The number of aliphatic hydroxyl groups excluding tert-OH is 1.